The van der Waals surface area contributed by atoms with Crippen molar-refractivity contribution in [2.45, 2.75) is 44.9 Å². The van der Waals surface area contributed by atoms with Crippen molar-refractivity contribution in [2.75, 3.05) is 0 Å². The summed E-state index contributed by atoms with van der Waals surface area (Å²) in [5.74, 6) is 2.36. The highest BCUT2D eigenvalue weighted by molar-refractivity contribution is 5.00. The van der Waals surface area contributed by atoms with Gasteiger partial charge in [-0.3, -0.25) is 0 Å². The highest BCUT2D eigenvalue weighted by Gasteiger charge is 2.24. The largest absolute Gasteiger partial charge is 0.339 e. The van der Waals surface area contributed by atoms with Crippen LogP contribution >= 0.6 is 0 Å². The fourth-order valence-electron chi connectivity index (χ4n) is 1.71. The monoisotopic (exact) mass is 205 g/mol. The first-order chi connectivity index (χ1) is 7.29. The number of hydrogen-bond acceptors (Lipinski definition) is 4. The van der Waals surface area contributed by atoms with E-state index in [1.54, 1.807) is 0 Å². The van der Waals surface area contributed by atoms with E-state index in [1.165, 1.54) is 19.3 Å². The SMILES string of the molecule is CC(CC#N)Cc1nc(C2CCC2)no1. The van der Waals surface area contributed by atoms with E-state index >= 15 is 0 Å². The molecule has 0 amide bonds. The lowest BCUT2D eigenvalue weighted by atomic mass is 9.85. The van der Waals surface area contributed by atoms with Gasteiger partial charge in [-0.25, -0.2) is 0 Å². The van der Waals surface area contributed by atoms with E-state index in [4.69, 9.17) is 9.78 Å². The summed E-state index contributed by atoms with van der Waals surface area (Å²) in [6.45, 7) is 2.02. The van der Waals surface area contributed by atoms with E-state index < -0.39 is 0 Å². The molecule has 0 aliphatic heterocycles. The van der Waals surface area contributed by atoms with E-state index in [1.807, 2.05) is 6.92 Å². The maximum Gasteiger partial charge on any atom is 0.226 e. The molecule has 4 nitrogen and oxygen atoms in total. The third kappa shape index (κ3) is 2.35. The Morgan fingerprint density at radius 3 is 3.00 bits per heavy atom. The fraction of sp³-hybridized carbons (Fsp3) is 0.727. The van der Waals surface area contributed by atoms with E-state index in [0.29, 0.717) is 30.6 Å². The van der Waals surface area contributed by atoms with E-state index in [0.717, 1.165) is 5.82 Å². The van der Waals surface area contributed by atoms with Crippen LogP contribution in [0.1, 0.15) is 50.2 Å². The van der Waals surface area contributed by atoms with Crippen LogP contribution < -0.4 is 0 Å². The van der Waals surface area contributed by atoms with Crippen molar-refractivity contribution < 1.29 is 4.52 Å². The topological polar surface area (TPSA) is 62.7 Å². The van der Waals surface area contributed by atoms with Gasteiger partial charge in [-0.1, -0.05) is 18.5 Å². The van der Waals surface area contributed by atoms with Crippen molar-refractivity contribution in [3.8, 4) is 6.07 Å². The maximum atomic E-state index is 8.54. The predicted molar refractivity (Wildman–Crippen MR) is 54.0 cm³/mol. The average molecular weight is 205 g/mol. The molecule has 1 aromatic rings. The van der Waals surface area contributed by atoms with Crippen molar-refractivity contribution >= 4 is 0 Å². The minimum absolute atomic E-state index is 0.296. The Morgan fingerprint density at radius 1 is 1.60 bits per heavy atom. The molecule has 0 saturated heterocycles. The fourth-order valence-corrected chi connectivity index (χ4v) is 1.71. The molecular weight excluding hydrogens is 190 g/mol. The normalized spacial score (nSPS) is 18.1. The lowest BCUT2D eigenvalue weighted by molar-refractivity contribution is 0.337. The Balaban J connectivity index is 1.92. The van der Waals surface area contributed by atoms with Gasteiger partial charge in [0.15, 0.2) is 5.82 Å². The molecule has 0 N–H and O–H groups in total. The number of rotatable bonds is 4. The highest BCUT2D eigenvalue weighted by atomic mass is 16.5. The van der Waals surface area contributed by atoms with Crippen LogP contribution in [0.15, 0.2) is 4.52 Å². The third-order valence-corrected chi connectivity index (χ3v) is 2.92. The Labute approximate surface area is 89.3 Å². The van der Waals surface area contributed by atoms with Crippen molar-refractivity contribution in [3.63, 3.8) is 0 Å². The first-order valence-electron chi connectivity index (χ1n) is 5.49. The van der Waals surface area contributed by atoms with Gasteiger partial charge in [0.2, 0.25) is 5.89 Å². The average Bonchev–Trinajstić information content (AvgIpc) is 2.50. The lowest BCUT2D eigenvalue weighted by Gasteiger charge is -2.20. The smallest absolute Gasteiger partial charge is 0.226 e. The first kappa shape index (κ1) is 10.2. The maximum absolute atomic E-state index is 8.54. The summed E-state index contributed by atoms with van der Waals surface area (Å²) in [5, 5.41) is 12.5. The first-order valence-corrected chi connectivity index (χ1v) is 5.49. The van der Waals surface area contributed by atoms with Gasteiger partial charge >= 0.3 is 0 Å². The second-order valence-corrected chi connectivity index (χ2v) is 4.35. The van der Waals surface area contributed by atoms with Crippen LogP contribution in [0.5, 0.6) is 0 Å². The summed E-state index contributed by atoms with van der Waals surface area (Å²) in [6.07, 6.45) is 4.91. The van der Waals surface area contributed by atoms with Gasteiger partial charge in [-0.15, -0.1) is 0 Å². The molecule has 1 heterocycles. The number of nitriles is 1. The van der Waals surface area contributed by atoms with Gasteiger partial charge in [0.1, 0.15) is 0 Å². The number of aromatic nitrogens is 2. The van der Waals surface area contributed by atoms with Crippen molar-refractivity contribution in [1.82, 2.24) is 10.1 Å². The molecule has 4 heteroatoms. The molecule has 1 saturated carbocycles. The molecular formula is C11H15N3O. The Morgan fingerprint density at radius 2 is 2.40 bits per heavy atom. The number of nitrogens with zero attached hydrogens (tertiary/aromatic N) is 3. The summed E-state index contributed by atoms with van der Waals surface area (Å²) in [7, 11) is 0. The molecule has 0 bridgehead atoms. The molecule has 2 rings (SSSR count). The molecule has 1 aromatic heterocycles. The van der Waals surface area contributed by atoms with Crippen molar-refractivity contribution in [1.29, 1.82) is 5.26 Å². The third-order valence-electron chi connectivity index (χ3n) is 2.92. The zero-order valence-corrected chi connectivity index (χ0v) is 8.94. The van der Waals surface area contributed by atoms with Crippen LogP contribution in [0.3, 0.4) is 0 Å². The van der Waals surface area contributed by atoms with Crippen LogP contribution in [-0.2, 0) is 6.42 Å². The second-order valence-electron chi connectivity index (χ2n) is 4.35. The Kier molecular flexibility index (Phi) is 3.00. The molecule has 1 fully saturated rings. The van der Waals surface area contributed by atoms with Crippen molar-refractivity contribution in [3.05, 3.63) is 11.7 Å². The molecule has 0 radical (unpaired) electrons. The molecule has 15 heavy (non-hydrogen) atoms. The summed E-state index contributed by atoms with van der Waals surface area (Å²) < 4.78 is 5.17. The predicted octanol–water partition coefficient (Wildman–Crippen LogP) is 2.43. The molecule has 1 unspecified atom stereocenters. The summed E-state index contributed by atoms with van der Waals surface area (Å²) in [4.78, 5) is 4.37. The molecule has 1 atom stereocenters. The summed E-state index contributed by atoms with van der Waals surface area (Å²) >= 11 is 0. The molecule has 1 aliphatic carbocycles. The van der Waals surface area contributed by atoms with Gasteiger partial charge in [-0.2, -0.15) is 10.2 Å². The van der Waals surface area contributed by atoms with Crippen molar-refractivity contribution in [2.24, 2.45) is 5.92 Å². The Bertz CT molecular complexity index is 362. The van der Waals surface area contributed by atoms with Crippen LogP contribution in [0.25, 0.3) is 0 Å². The van der Waals surface area contributed by atoms with E-state index in [-0.39, 0.29) is 0 Å². The standard InChI is InChI=1S/C11H15N3O/c1-8(5-6-12)7-10-13-11(14-15-10)9-3-2-4-9/h8-9H,2-5,7H2,1H3. The van der Waals surface area contributed by atoms with Gasteiger partial charge in [0, 0.05) is 18.8 Å². The summed E-state index contributed by atoms with van der Waals surface area (Å²) in [5.41, 5.74) is 0. The highest BCUT2D eigenvalue weighted by Crippen LogP contribution is 2.34. The lowest BCUT2D eigenvalue weighted by Crippen LogP contribution is -2.10. The van der Waals surface area contributed by atoms with Crippen LogP contribution in [0.2, 0.25) is 0 Å². The minimum atomic E-state index is 0.296. The zero-order valence-electron chi connectivity index (χ0n) is 8.94. The number of hydrogen-bond donors (Lipinski definition) is 0. The molecule has 1 aliphatic rings. The molecule has 0 spiro atoms. The second kappa shape index (κ2) is 4.43. The quantitative estimate of drug-likeness (QED) is 0.757. The minimum Gasteiger partial charge on any atom is -0.339 e. The van der Waals surface area contributed by atoms with Gasteiger partial charge < -0.3 is 4.52 Å². The van der Waals surface area contributed by atoms with E-state index in [9.17, 15) is 0 Å². The van der Waals surface area contributed by atoms with Crippen LogP contribution in [0, 0.1) is 17.2 Å². The summed E-state index contributed by atoms with van der Waals surface area (Å²) in [6, 6.07) is 2.15. The van der Waals surface area contributed by atoms with Gasteiger partial charge in [-0.05, 0) is 18.8 Å². The Hall–Kier alpha value is -1.37. The van der Waals surface area contributed by atoms with Gasteiger partial charge in [0.05, 0.1) is 6.07 Å². The zero-order chi connectivity index (χ0) is 10.7. The van der Waals surface area contributed by atoms with Crippen LogP contribution in [-0.4, -0.2) is 10.1 Å². The van der Waals surface area contributed by atoms with E-state index in [2.05, 4.69) is 16.2 Å². The molecule has 80 valence electrons. The van der Waals surface area contributed by atoms with Gasteiger partial charge in [0.25, 0.3) is 0 Å². The molecule has 0 aromatic carbocycles. The van der Waals surface area contributed by atoms with Crippen LogP contribution in [0.4, 0.5) is 0 Å².